The molecule has 0 radical (unpaired) electrons. The van der Waals surface area contributed by atoms with E-state index in [1.165, 1.54) is 0 Å². The van der Waals surface area contributed by atoms with Crippen LogP contribution in [0.4, 0.5) is 0 Å². The number of carbonyl (C=O) groups is 1. The zero-order chi connectivity index (χ0) is 13.3. The molecule has 1 aliphatic rings. The van der Waals surface area contributed by atoms with E-state index in [0.717, 1.165) is 31.0 Å². The molecule has 1 N–H and O–H groups in total. The van der Waals surface area contributed by atoms with Crippen LogP contribution in [0.15, 0.2) is 0 Å². The second-order valence-electron chi connectivity index (χ2n) is 5.18. The third kappa shape index (κ3) is 2.12. The van der Waals surface area contributed by atoms with Gasteiger partial charge in [-0.3, -0.25) is 9.69 Å². The molecule has 18 heavy (non-hydrogen) atoms. The Kier molecular flexibility index (Phi) is 3.38. The summed E-state index contributed by atoms with van der Waals surface area (Å²) in [7, 11) is 1.91. The van der Waals surface area contributed by atoms with Gasteiger partial charge in [-0.15, -0.1) is 10.2 Å². The minimum atomic E-state index is -0.780. The average molecular weight is 252 g/mol. The Morgan fingerprint density at radius 2 is 2.17 bits per heavy atom. The fourth-order valence-corrected chi connectivity index (χ4v) is 2.43. The highest BCUT2D eigenvalue weighted by molar-refractivity contribution is 5.78. The van der Waals surface area contributed by atoms with Crippen molar-refractivity contribution in [2.45, 2.75) is 45.2 Å². The van der Waals surface area contributed by atoms with Gasteiger partial charge in [0, 0.05) is 7.05 Å². The summed E-state index contributed by atoms with van der Waals surface area (Å²) >= 11 is 0. The van der Waals surface area contributed by atoms with Crippen LogP contribution in [0.3, 0.4) is 0 Å². The van der Waals surface area contributed by atoms with Gasteiger partial charge in [0.15, 0.2) is 0 Å². The summed E-state index contributed by atoms with van der Waals surface area (Å²) in [4.78, 5) is 13.5. The van der Waals surface area contributed by atoms with Gasteiger partial charge in [-0.1, -0.05) is 0 Å². The Labute approximate surface area is 107 Å². The monoisotopic (exact) mass is 252 g/mol. The number of aromatic nitrogens is 3. The van der Waals surface area contributed by atoms with E-state index < -0.39 is 11.5 Å². The van der Waals surface area contributed by atoms with Crippen molar-refractivity contribution in [3.63, 3.8) is 0 Å². The molecular formula is C12H20N4O2. The van der Waals surface area contributed by atoms with Crippen molar-refractivity contribution in [3.8, 4) is 0 Å². The quantitative estimate of drug-likeness (QED) is 0.867. The molecule has 2 rings (SSSR count). The topological polar surface area (TPSA) is 71.2 Å². The van der Waals surface area contributed by atoms with Crippen molar-refractivity contribution in [1.82, 2.24) is 19.7 Å². The van der Waals surface area contributed by atoms with Crippen LogP contribution in [0, 0.1) is 6.92 Å². The van der Waals surface area contributed by atoms with Crippen LogP contribution >= 0.6 is 0 Å². The van der Waals surface area contributed by atoms with Gasteiger partial charge < -0.3 is 9.67 Å². The summed E-state index contributed by atoms with van der Waals surface area (Å²) in [5.74, 6) is 0.919. The molecule has 6 nitrogen and oxygen atoms in total. The van der Waals surface area contributed by atoms with E-state index in [-0.39, 0.29) is 0 Å². The second-order valence-corrected chi connectivity index (χ2v) is 5.18. The van der Waals surface area contributed by atoms with Crippen LogP contribution in [0.2, 0.25) is 0 Å². The van der Waals surface area contributed by atoms with Gasteiger partial charge in [-0.2, -0.15) is 0 Å². The lowest BCUT2D eigenvalue weighted by Crippen LogP contribution is -2.54. The third-order valence-electron chi connectivity index (χ3n) is 4.02. The van der Waals surface area contributed by atoms with Crippen LogP contribution in [0.25, 0.3) is 0 Å². The Bertz CT molecular complexity index is 457. The van der Waals surface area contributed by atoms with E-state index in [9.17, 15) is 9.90 Å². The lowest BCUT2D eigenvalue weighted by molar-refractivity contribution is -0.153. The predicted molar refractivity (Wildman–Crippen MR) is 66.0 cm³/mol. The molecule has 0 spiro atoms. The molecule has 0 aromatic carbocycles. The van der Waals surface area contributed by atoms with E-state index in [1.807, 2.05) is 23.4 Å². The SMILES string of the molecule is Cc1nnc(CN2CCCCC2(C)C(=O)O)n1C. The lowest BCUT2D eigenvalue weighted by atomic mass is 9.88. The first-order valence-corrected chi connectivity index (χ1v) is 6.28. The van der Waals surface area contributed by atoms with Crippen molar-refractivity contribution >= 4 is 5.97 Å². The molecule has 100 valence electrons. The van der Waals surface area contributed by atoms with Gasteiger partial charge in [-0.05, 0) is 39.7 Å². The van der Waals surface area contributed by atoms with Crippen LogP contribution in [0.5, 0.6) is 0 Å². The number of piperidine rings is 1. The van der Waals surface area contributed by atoms with Gasteiger partial charge in [0.25, 0.3) is 0 Å². The minimum Gasteiger partial charge on any atom is -0.480 e. The Morgan fingerprint density at radius 3 is 2.72 bits per heavy atom. The summed E-state index contributed by atoms with van der Waals surface area (Å²) in [5.41, 5.74) is -0.780. The van der Waals surface area contributed by atoms with Crippen molar-refractivity contribution in [2.75, 3.05) is 6.54 Å². The number of nitrogens with zero attached hydrogens (tertiary/aromatic N) is 4. The molecule has 1 fully saturated rings. The zero-order valence-corrected chi connectivity index (χ0v) is 11.2. The van der Waals surface area contributed by atoms with Crippen molar-refractivity contribution in [2.24, 2.45) is 7.05 Å². The standard InChI is InChI=1S/C12H20N4O2/c1-9-13-14-10(15(9)3)8-16-7-5-4-6-12(16,2)11(17)18/h4-8H2,1-3H3,(H,17,18). The smallest absolute Gasteiger partial charge is 0.323 e. The highest BCUT2D eigenvalue weighted by Gasteiger charge is 2.41. The lowest BCUT2D eigenvalue weighted by Gasteiger charge is -2.41. The summed E-state index contributed by atoms with van der Waals surface area (Å²) < 4.78 is 1.91. The maximum absolute atomic E-state index is 11.5. The minimum absolute atomic E-state index is 0.542. The van der Waals surface area contributed by atoms with Crippen LogP contribution in [-0.2, 0) is 18.4 Å². The molecule has 1 saturated heterocycles. The van der Waals surface area contributed by atoms with Gasteiger partial charge in [-0.25, -0.2) is 0 Å². The second kappa shape index (κ2) is 4.68. The number of aliphatic carboxylic acids is 1. The molecule has 1 aromatic rings. The number of rotatable bonds is 3. The third-order valence-corrected chi connectivity index (χ3v) is 4.02. The summed E-state index contributed by atoms with van der Waals surface area (Å²) in [6.07, 6.45) is 2.70. The molecule has 1 atom stereocenters. The van der Waals surface area contributed by atoms with E-state index in [2.05, 4.69) is 10.2 Å². The van der Waals surface area contributed by atoms with Crippen LogP contribution in [0.1, 0.15) is 37.8 Å². The number of hydrogen-bond donors (Lipinski definition) is 1. The van der Waals surface area contributed by atoms with Gasteiger partial charge in [0.1, 0.15) is 17.2 Å². The molecule has 6 heteroatoms. The van der Waals surface area contributed by atoms with Gasteiger partial charge in [0.2, 0.25) is 0 Å². The highest BCUT2D eigenvalue weighted by Crippen LogP contribution is 2.29. The number of hydrogen-bond acceptors (Lipinski definition) is 4. The average Bonchev–Trinajstić information content (AvgIpc) is 2.64. The first-order chi connectivity index (χ1) is 8.45. The first-order valence-electron chi connectivity index (χ1n) is 6.28. The number of likely N-dealkylation sites (tertiary alicyclic amines) is 1. The van der Waals surface area contributed by atoms with E-state index in [0.29, 0.717) is 13.0 Å². The van der Waals surface area contributed by atoms with Gasteiger partial charge in [0.05, 0.1) is 6.54 Å². The van der Waals surface area contributed by atoms with E-state index >= 15 is 0 Å². The van der Waals surface area contributed by atoms with Crippen molar-refractivity contribution in [3.05, 3.63) is 11.6 Å². The van der Waals surface area contributed by atoms with Crippen molar-refractivity contribution in [1.29, 1.82) is 0 Å². The Balaban J connectivity index is 2.20. The normalized spacial score (nSPS) is 25.3. The largest absolute Gasteiger partial charge is 0.480 e. The molecule has 0 amide bonds. The molecular weight excluding hydrogens is 232 g/mol. The number of aryl methyl sites for hydroxylation is 1. The molecule has 1 aromatic heterocycles. The molecule has 1 unspecified atom stereocenters. The summed E-state index contributed by atoms with van der Waals surface area (Å²) in [6, 6.07) is 0. The van der Waals surface area contributed by atoms with Crippen molar-refractivity contribution < 1.29 is 9.90 Å². The first kappa shape index (κ1) is 13.0. The summed E-state index contributed by atoms with van der Waals surface area (Å²) in [5, 5.41) is 17.6. The maximum Gasteiger partial charge on any atom is 0.323 e. The Morgan fingerprint density at radius 1 is 1.44 bits per heavy atom. The summed E-state index contributed by atoms with van der Waals surface area (Å²) in [6.45, 7) is 5.04. The molecule has 1 aliphatic heterocycles. The molecule has 0 saturated carbocycles. The molecule has 0 bridgehead atoms. The number of carboxylic acid groups (broad SMARTS) is 1. The fourth-order valence-electron chi connectivity index (χ4n) is 2.43. The number of carboxylic acids is 1. The van der Waals surface area contributed by atoms with Crippen LogP contribution < -0.4 is 0 Å². The predicted octanol–water partition coefficient (Wildman–Crippen LogP) is 0.953. The fraction of sp³-hybridized carbons (Fsp3) is 0.750. The zero-order valence-electron chi connectivity index (χ0n) is 11.2. The molecule has 2 heterocycles. The molecule has 0 aliphatic carbocycles. The highest BCUT2D eigenvalue weighted by atomic mass is 16.4. The van der Waals surface area contributed by atoms with Crippen LogP contribution in [-0.4, -0.2) is 42.8 Å². The van der Waals surface area contributed by atoms with Gasteiger partial charge >= 0.3 is 5.97 Å². The van der Waals surface area contributed by atoms with E-state index in [4.69, 9.17) is 0 Å². The van der Waals surface area contributed by atoms with E-state index in [1.54, 1.807) is 6.92 Å². The Hall–Kier alpha value is -1.43. The maximum atomic E-state index is 11.5.